The van der Waals surface area contributed by atoms with Crippen molar-refractivity contribution in [3.05, 3.63) is 0 Å². The third kappa shape index (κ3) is 4.71. The second-order valence-electron chi connectivity index (χ2n) is 6.06. The summed E-state index contributed by atoms with van der Waals surface area (Å²) in [6, 6.07) is -0.0645. The topological polar surface area (TPSA) is 92.5 Å². The molecule has 0 aromatic carbocycles. The zero-order valence-electron chi connectivity index (χ0n) is 12.0. The quantitative estimate of drug-likeness (QED) is 0.725. The van der Waals surface area contributed by atoms with Crippen LogP contribution in [0.15, 0.2) is 0 Å². The van der Waals surface area contributed by atoms with Crippen molar-refractivity contribution in [3.8, 4) is 0 Å². The minimum absolute atomic E-state index is 0.0302. The van der Waals surface area contributed by atoms with Crippen LogP contribution in [0, 0.1) is 5.92 Å². The van der Waals surface area contributed by atoms with Crippen LogP contribution in [-0.4, -0.2) is 50.7 Å². The lowest BCUT2D eigenvalue weighted by Crippen LogP contribution is -2.50. The van der Waals surface area contributed by atoms with Gasteiger partial charge in [0.1, 0.15) is 0 Å². The number of hydrogen-bond acceptors (Lipinski definition) is 4. The van der Waals surface area contributed by atoms with Crippen molar-refractivity contribution in [1.29, 1.82) is 0 Å². The first kappa shape index (κ1) is 15.7. The first-order chi connectivity index (χ1) is 9.37. The van der Waals surface area contributed by atoms with E-state index in [9.17, 15) is 13.2 Å². The van der Waals surface area contributed by atoms with Gasteiger partial charge < -0.3 is 10.6 Å². The van der Waals surface area contributed by atoms with Gasteiger partial charge in [0.15, 0.2) is 0 Å². The highest BCUT2D eigenvalue weighted by Crippen LogP contribution is 2.33. The van der Waals surface area contributed by atoms with Crippen LogP contribution in [0.1, 0.15) is 38.5 Å². The molecule has 7 heteroatoms. The molecule has 0 aromatic heterocycles. The average molecular weight is 303 g/mol. The molecule has 116 valence electrons. The van der Waals surface area contributed by atoms with E-state index in [0.29, 0.717) is 25.4 Å². The van der Waals surface area contributed by atoms with Crippen LogP contribution in [0.3, 0.4) is 0 Å². The number of piperidine rings is 1. The molecule has 2 unspecified atom stereocenters. The fraction of sp³-hybridized carbons (Fsp3) is 0.923. The predicted molar refractivity (Wildman–Crippen MR) is 77.5 cm³/mol. The molecule has 0 radical (unpaired) electrons. The number of carbonyl (C=O) groups excluding carboxylic acids is 1. The van der Waals surface area contributed by atoms with Gasteiger partial charge in [0.05, 0.1) is 6.26 Å². The first-order valence-corrected chi connectivity index (χ1v) is 9.25. The molecule has 1 amide bonds. The molecule has 0 bridgehead atoms. The highest BCUT2D eigenvalue weighted by Gasteiger charge is 2.33. The molecule has 1 aliphatic carbocycles. The Morgan fingerprint density at radius 3 is 2.65 bits per heavy atom. The molecule has 20 heavy (non-hydrogen) atoms. The number of rotatable bonds is 6. The van der Waals surface area contributed by atoms with E-state index in [1.807, 2.05) is 4.90 Å². The van der Waals surface area contributed by atoms with Crippen molar-refractivity contribution in [2.24, 2.45) is 11.7 Å². The lowest BCUT2D eigenvalue weighted by molar-refractivity contribution is -0.135. The first-order valence-electron chi connectivity index (χ1n) is 7.36. The van der Waals surface area contributed by atoms with Gasteiger partial charge in [0.2, 0.25) is 15.9 Å². The Hall–Kier alpha value is -0.660. The van der Waals surface area contributed by atoms with Crippen LogP contribution in [0.25, 0.3) is 0 Å². The Morgan fingerprint density at radius 2 is 2.05 bits per heavy atom. The van der Waals surface area contributed by atoms with E-state index in [2.05, 4.69) is 4.72 Å². The number of nitrogens with zero attached hydrogens (tertiary/aromatic N) is 1. The molecular formula is C13H25N3O3S. The van der Waals surface area contributed by atoms with Gasteiger partial charge in [-0.05, 0) is 38.0 Å². The molecule has 1 aliphatic heterocycles. The summed E-state index contributed by atoms with van der Waals surface area (Å²) in [4.78, 5) is 14.2. The van der Waals surface area contributed by atoms with Gasteiger partial charge >= 0.3 is 0 Å². The summed E-state index contributed by atoms with van der Waals surface area (Å²) in [5.41, 5.74) is 6.02. The van der Waals surface area contributed by atoms with E-state index in [0.717, 1.165) is 38.4 Å². The Morgan fingerprint density at radius 1 is 1.35 bits per heavy atom. The Balaban J connectivity index is 1.89. The Kier molecular flexibility index (Phi) is 5.04. The van der Waals surface area contributed by atoms with Crippen LogP contribution in [-0.2, 0) is 14.8 Å². The van der Waals surface area contributed by atoms with Crippen molar-refractivity contribution in [2.45, 2.75) is 50.6 Å². The summed E-state index contributed by atoms with van der Waals surface area (Å²) in [5, 5.41) is 0. The summed E-state index contributed by atoms with van der Waals surface area (Å²) >= 11 is 0. The number of hydrogen-bond donors (Lipinski definition) is 2. The standard InChI is InChI=1S/C13H25N3O3S/c1-20(18,19)15-9-11-4-2-3-7-16(11)13(17)8-12(14)10-5-6-10/h10-12,15H,2-9,14H2,1H3. The second-order valence-corrected chi connectivity index (χ2v) is 7.90. The van der Waals surface area contributed by atoms with E-state index in [1.54, 1.807) is 0 Å². The van der Waals surface area contributed by atoms with Crippen LogP contribution in [0.5, 0.6) is 0 Å². The number of nitrogens with two attached hydrogens (primary N) is 1. The van der Waals surface area contributed by atoms with E-state index in [4.69, 9.17) is 5.73 Å². The van der Waals surface area contributed by atoms with Gasteiger partial charge in [-0.15, -0.1) is 0 Å². The smallest absolute Gasteiger partial charge is 0.224 e. The number of carbonyl (C=O) groups is 1. The molecule has 0 spiro atoms. The maximum absolute atomic E-state index is 12.3. The van der Waals surface area contributed by atoms with Gasteiger partial charge in [-0.3, -0.25) is 4.79 Å². The molecule has 1 saturated carbocycles. The van der Waals surface area contributed by atoms with Crippen molar-refractivity contribution >= 4 is 15.9 Å². The predicted octanol–water partition coefficient (Wildman–Crippen LogP) is 0.0441. The monoisotopic (exact) mass is 303 g/mol. The summed E-state index contributed by atoms with van der Waals surface area (Å²) in [6.07, 6.45) is 6.67. The lowest BCUT2D eigenvalue weighted by atomic mass is 10.0. The maximum Gasteiger partial charge on any atom is 0.224 e. The molecule has 3 N–H and O–H groups in total. The molecule has 2 aliphatic rings. The fourth-order valence-electron chi connectivity index (χ4n) is 2.80. The largest absolute Gasteiger partial charge is 0.338 e. The molecule has 6 nitrogen and oxygen atoms in total. The Bertz CT molecular complexity index is 448. The minimum Gasteiger partial charge on any atom is -0.338 e. The molecule has 2 fully saturated rings. The molecule has 1 saturated heterocycles. The van der Waals surface area contributed by atoms with Crippen molar-refractivity contribution in [2.75, 3.05) is 19.3 Å². The van der Waals surface area contributed by atoms with E-state index < -0.39 is 10.0 Å². The van der Waals surface area contributed by atoms with Crippen LogP contribution >= 0.6 is 0 Å². The highest BCUT2D eigenvalue weighted by atomic mass is 32.2. The number of likely N-dealkylation sites (tertiary alicyclic amines) is 1. The Labute approximate surface area is 121 Å². The maximum atomic E-state index is 12.3. The second kappa shape index (κ2) is 6.41. The molecule has 2 rings (SSSR count). The minimum atomic E-state index is -3.21. The molecular weight excluding hydrogens is 278 g/mol. The van der Waals surface area contributed by atoms with Gasteiger partial charge in [-0.2, -0.15) is 0 Å². The van der Waals surface area contributed by atoms with Gasteiger partial charge in [-0.1, -0.05) is 0 Å². The van der Waals surface area contributed by atoms with Crippen molar-refractivity contribution < 1.29 is 13.2 Å². The number of amides is 1. The molecule has 1 heterocycles. The van der Waals surface area contributed by atoms with Gasteiger partial charge in [0.25, 0.3) is 0 Å². The molecule has 2 atom stereocenters. The normalized spacial score (nSPS) is 25.5. The lowest BCUT2D eigenvalue weighted by Gasteiger charge is -2.36. The molecule has 0 aromatic rings. The number of nitrogens with one attached hydrogen (secondary N) is 1. The van der Waals surface area contributed by atoms with Crippen molar-refractivity contribution in [1.82, 2.24) is 9.62 Å². The third-order valence-electron chi connectivity index (χ3n) is 4.17. The highest BCUT2D eigenvalue weighted by molar-refractivity contribution is 7.88. The van der Waals surface area contributed by atoms with Gasteiger partial charge in [-0.25, -0.2) is 13.1 Å². The number of sulfonamides is 1. The average Bonchev–Trinajstić information content (AvgIpc) is 3.20. The van der Waals surface area contributed by atoms with E-state index >= 15 is 0 Å². The van der Waals surface area contributed by atoms with E-state index in [-0.39, 0.29) is 18.0 Å². The van der Waals surface area contributed by atoms with Crippen LogP contribution in [0.2, 0.25) is 0 Å². The van der Waals surface area contributed by atoms with Crippen LogP contribution < -0.4 is 10.5 Å². The zero-order chi connectivity index (χ0) is 14.8. The fourth-order valence-corrected chi connectivity index (χ4v) is 3.29. The summed E-state index contributed by atoms with van der Waals surface area (Å²) < 4.78 is 24.9. The van der Waals surface area contributed by atoms with Crippen LogP contribution in [0.4, 0.5) is 0 Å². The summed E-state index contributed by atoms with van der Waals surface area (Å²) in [7, 11) is -3.21. The third-order valence-corrected chi connectivity index (χ3v) is 4.86. The van der Waals surface area contributed by atoms with Crippen molar-refractivity contribution in [3.63, 3.8) is 0 Å². The summed E-state index contributed by atoms with van der Waals surface area (Å²) in [5.74, 6) is 0.584. The summed E-state index contributed by atoms with van der Waals surface area (Å²) in [6.45, 7) is 1.02. The zero-order valence-corrected chi connectivity index (χ0v) is 12.9. The van der Waals surface area contributed by atoms with E-state index in [1.165, 1.54) is 0 Å². The van der Waals surface area contributed by atoms with Gasteiger partial charge in [0, 0.05) is 31.6 Å². The SMILES string of the molecule is CS(=O)(=O)NCC1CCCCN1C(=O)CC(N)C1CC1.